The molecule has 2 aromatic rings. The highest BCUT2D eigenvalue weighted by Crippen LogP contribution is 2.33. The van der Waals surface area contributed by atoms with Crippen LogP contribution in [0.2, 0.25) is 0 Å². The van der Waals surface area contributed by atoms with Crippen molar-refractivity contribution in [1.82, 2.24) is 10.2 Å². The maximum atomic E-state index is 13.2. The molecule has 188 valence electrons. The topological polar surface area (TPSA) is 130 Å². The molecule has 2 aliphatic rings. The maximum Gasteiger partial charge on any atom is 0.326 e. The molecule has 3 unspecified atom stereocenters. The standard InChI is InChI=1S/C27H28N2O7/c1-16(30)36-19-12-10-17(11-13-19)14-23(27(34)35)28-24(31)20-7-3-2-6-18(20)15-29-25(32)21-8-4-5-9-22(21)26(29)33/h4-5,8-13,18,20,23H,2-3,6-7,14-15H2,1H3,(H,28,31)(H,34,35). The molecule has 36 heavy (non-hydrogen) atoms. The summed E-state index contributed by atoms with van der Waals surface area (Å²) in [6, 6.07) is 11.9. The van der Waals surface area contributed by atoms with Crippen molar-refractivity contribution < 1.29 is 33.8 Å². The lowest BCUT2D eigenvalue weighted by molar-refractivity contribution is -0.143. The van der Waals surface area contributed by atoms with E-state index >= 15 is 0 Å². The Morgan fingerprint density at radius 1 is 1.00 bits per heavy atom. The highest BCUT2D eigenvalue weighted by atomic mass is 16.5. The van der Waals surface area contributed by atoms with Gasteiger partial charge in [-0.15, -0.1) is 0 Å². The van der Waals surface area contributed by atoms with Crippen LogP contribution in [0.25, 0.3) is 0 Å². The lowest BCUT2D eigenvalue weighted by Crippen LogP contribution is -2.49. The average Bonchev–Trinajstić information content (AvgIpc) is 3.09. The molecule has 0 radical (unpaired) electrons. The van der Waals surface area contributed by atoms with Crippen LogP contribution in [-0.2, 0) is 20.8 Å². The van der Waals surface area contributed by atoms with Crippen LogP contribution >= 0.6 is 0 Å². The summed E-state index contributed by atoms with van der Waals surface area (Å²) in [6.07, 6.45) is 2.96. The van der Waals surface area contributed by atoms with E-state index in [-0.39, 0.29) is 36.6 Å². The molecular weight excluding hydrogens is 464 g/mol. The highest BCUT2D eigenvalue weighted by molar-refractivity contribution is 6.21. The molecule has 0 bridgehead atoms. The third-order valence-electron chi connectivity index (χ3n) is 6.78. The van der Waals surface area contributed by atoms with E-state index in [9.17, 15) is 29.1 Å². The predicted molar refractivity (Wildman–Crippen MR) is 128 cm³/mol. The lowest BCUT2D eigenvalue weighted by atomic mass is 9.78. The number of nitrogens with zero attached hydrogens (tertiary/aromatic N) is 1. The summed E-state index contributed by atoms with van der Waals surface area (Å²) < 4.78 is 4.99. The largest absolute Gasteiger partial charge is 0.480 e. The molecule has 2 aromatic carbocycles. The second-order valence-corrected chi connectivity index (χ2v) is 9.26. The van der Waals surface area contributed by atoms with E-state index in [1.54, 1.807) is 48.5 Å². The summed E-state index contributed by atoms with van der Waals surface area (Å²) in [7, 11) is 0. The van der Waals surface area contributed by atoms with Crippen molar-refractivity contribution in [1.29, 1.82) is 0 Å². The molecule has 0 spiro atoms. The molecule has 9 heteroatoms. The Labute approximate surface area is 208 Å². The van der Waals surface area contributed by atoms with Gasteiger partial charge >= 0.3 is 11.9 Å². The molecule has 9 nitrogen and oxygen atoms in total. The van der Waals surface area contributed by atoms with Crippen molar-refractivity contribution >= 4 is 29.7 Å². The number of hydrogen-bond donors (Lipinski definition) is 2. The molecule has 1 fully saturated rings. The van der Waals surface area contributed by atoms with E-state index in [1.165, 1.54) is 11.8 Å². The highest BCUT2D eigenvalue weighted by Gasteiger charge is 2.40. The number of hydrogen-bond acceptors (Lipinski definition) is 6. The van der Waals surface area contributed by atoms with E-state index < -0.39 is 23.9 Å². The minimum Gasteiger partial charge on any atom is -0.480 e. The molecule has 1 heterocycles. The van der Waals surface area contributed by atoms with Crippen molar-refractivity contribution in [2.24, 2.45) is 11.8 Å². The van der Waals surface area contributed by atoms with Gasteiger partial charge in [0.25, 0.3) is 11.8 Å². The molecule has 4 rings (SSSR count). The fourth-order valence-corrected chi connectivity index (χ4v) is 4.98. The smallest absolute Gasteiger partial charge is 0.326 e. The summed E-state index contributed by atoms with van der Waals surface area (Å²) in [5.74, 6) is -3.14. The van der Waals surface area contributed by atoms with Gasteiger partial charge in [0.15, 0.2) is 0 Å². The first-order chi connectivity index (χ1) is 17.2. The Balaban J connectivity index is 1.43. The van der Waals surface area contributed by atoms with E-state index in [2.05, 4.69) is 5.32 Å². The van der Waals surface area contributed by atoms with Crippen LogP contribution in [0.15, 0.2) is 48.5 Å². The number of aliphatic carboxylic acids is 1. The molecule has 2 N–H and O–H groups in total. The number of carboxylic acids is 1. The fourth-order valence-electron chi connectivity index (χ4n) is 4.98. The van der Waals surface area contributed by atoms with Crippen molar-refractivity contribution in [3.63, 3.8) is 0 Å². The second-order valence-electron chi connectivity index (χ2n) is 9.26. The summed E-state index contributed by atoms with van der Waals surface area (Å²) in [4.78, 5) is 63.1. The molecule has 3 amide bonds. The van der Waals surface area contributed by atoms with Gasteiger partial charge in [0.2, 0.25) is 5.91 Å². The quantitative estimate of drug-likeness (QED) is 0.329. The first kappa shape index (κ1) is 25.1. The van der Waals surface area contributed by atoms with E-state index in [0.29, 0.717) is 35.3 Å². The van der Waals surface area contributed by atoms with Gasteiger partial charge in [-0.2, -0.15) is 0 Å². The SMILES string of the molecule is CC(=O)Oc1ccc(CC(NC(=O)C2CCCCC2CN2C(=O)c3ccccc3C2=O)C(=O)O)cc1. The van der Waals surface area contributed by atoms with Crippen LogP contribution in [0.4, 0.5) is 0 Å². The normalized spacial score (nSPS) is 20.0. The Kier molecular flexibility index (Phi) is 7.47. The third kappa shape index (κ3) is 5.45. The number of fused-ring (bicyclic) bond motifs is 1. The van der Waals surface area contributed by atoms with E-state index in [0.717, 1.165) is 12.8 Å². The number of amides is 3. The number of carbonyl (C=O) groups is 5. The molecule has 1 aliphatic heterocycles. The van der Waals surface area contributed by atoms with Crippen LogP contribution in [-0.4, -0.2) is 52.3 Å². The number of esters is 1. The zero-order valence-corrected chi connectivity index (χ0v) is 19.9. The Hall–Kier alpha value is -4.01. The maximum absolute atomic E-state index is 13.2. The monoisotopic (exact) mass is 492 g/mol. The van der Waals surface area contributed by atoms with Gasteiger partial charge in [-0.1, -0.05) is 37.1 Å². The third-order valence-corrected chi connectivity index (χ3v) is 6.78. The Morgan fingerprint density at radius 3 is 2.19 bits per heavy atom. The first-order valence-corrected chi connectivity index (χ1v) is 12.0. The van der Waals surface area contributed by atoms with Gasteiger partial charge in [-0.25, -0.2) is 4.79 Å². The summed E-state index contributed by atoms with van der Waals surface area (Å²) >= 11 is 0. The van der Waals surface area contributed by atoms with Gasteiger partial charge in [0, 0.05) is 25.8 Å². The molecular formula is C27H28N2O7. The van der Waals surface area contributed by atoms with Gasteiger partial charge in [0.1, 0.15) is 11.8 Å². The predicted octanol–water partition coefficient (Wildman–Crippen LogP) is 2.83. The molecule has 1 saturated carbocycles. The van der Waals surface area contributed by atoms with Crippen molar-refractivity contribution in [3.8, 4) is 5.75 Å². The van der Waals surface area contributed by atoms with Crippen LogP contribution in [0.3, 0.4) is 0 Å². The lowest BCUT2D eigenvalue weighted by Gasteiger charge is -2.33. The summed E-state index contributed by atoms with van der Waals surface area (Å²) in [6.45, 7) is 1.41. The van der Waals surface area contributed by atoms with E-state index in [1.807, 2.05) is 0 Å². The van der Waals surface area contributed by atoms with E-state index in [4.69, 9.17) is 4.74 Å². The van der Waals surface area contributed by atoms with Crippen molar-refractivity contribution in [3.05, 3.63) is 65.2 Å². The van der Waals surface area contributed by atoms with Gasteiger partial charge < -0.3 is 15.2 Å². The zero-order chi connectivity index (χ0) is 25.8. The number of carbonyl (C=O) groups excluding carboxylic acids is 4. The second kappa shape index (κ2) is 10.7. The number of ether oxygens (including phenoxy) is 1. The minimum atomic E-state index is -1.17. The van der Waals surface area contributed by atoms with Crippen LogP contribution in [0.1, 0.15) is 58.9 Å². The number of imide groups is 1. The summed E-state index contributed by atoms with van der Waals surface area (Å²) in [5, 5.41) is 12.4. The number of carboxylic acid groups (broad SMARTS) is 1. The average molecular weight is 493 g/mol. The van der Waals surface area contributed by atoms with Gasteiger partial charge in [-0.3, -0.25) is 24.1 Å². The number of benzene rings is 2. The molecule has 0 saturated heterocycles. The Morgan fingerprint density at radius 2 is 1.61 bits per heavy atom. The van der Waals surface area contributed by atoms with Gasteiger partial charge in [0.05, 0.1) is 11.1 Å². The van der Waals surface area contributed by atoms with Gasteiger partial charge in [-0.05, 0) is 48.6 Å². The molecule has 0 aromatic heterocycles. The Bertz CT molecular complexity index is 1160. The van der Waals surface area contributed by atoms with Crippen LogP contribution < -0.4 is 10.1 Å². The number of rotatable bonds is 8. The molecule has 1 aliphatic carbocycles. The van der Waals surface area contributed by atoms with Crippen LogP contribution in [0.5, 0.6) is 5.75 Å². The van der Waals surface area contributed by atoms with Crippen molar-refractivity contribution in [2.75, 3.05) is 6.54 Å². The zero-order valence-electron chi connectivity index (χ0n) is 19.9. The molecule has 3 atom stereocenters. The minimum absolute atomic E-state index is 0.0528. The first-order valence-electron chi connectivity index (χ1n) is 12.0. The van der Waals surface area contributed by atoms with Crippen molar-refractivity contribution in [2.45, 2.75) is 45.1 Å². The fraction of sp³-hybridized carbons (Fsp3) is 0.370. The number of nitrogens with one attached hydrogen (secondary N) is 1. The summed E-state index contributed by atoms with van der Waals surface area (Å²) in [5.41, 5.74) is 1.39. The van der Waals surface area contributed by atoms with Crippen LogP contribution in [0, 0.1) is 11.8 Å².